The average molecular weight is 255 g/mol. The quantitative estimate of drug-likeness (QED) is 0.478. The van der Waals surface area contributed by atoms with Crippen LogP contribution >= 0.6 is 0 Å². The lowest BCUT2D eigenvalue weighted by Gasteiger charge is -2.02. The van der Waals surface area contributed by atoms with Gasteiger partial charge >= 0.3 is 0 Å². The van der Waals surface area contributed by atoms with Crippen molar-refractivity contribution in [1.82, 2.24) is 0 Å². The highest BCUT2D eigenvalue weighted by Crippen LogP contribution is 2.14. The minimum absolute atomic E-state index is 0.0116. The molecule has 0 unspecified atom stereocenters. The van der Waals surface area contributed by atoms with Crippen LogP contribution in [0.2, 0.25) is 0 Å². The van der Waals surface area contributed by atoms with Crippen LogP contribution in [0, 0.1) is 17.0 Å². The molecule has 2 rings (SSSR count). The molecule has 0 N–H and O–H groups in total. The van der Waals surface area contributed by atoms with Crippen molar-refractivity contribution in [2.24, 2.45) is 0 Å². The van der Waals surface area contributed by atoms with E-state index in [1.165, 1.54) is 12.1 Å². The molecule has 96 valence electrons. The third-order valence-electron chi connectivity index (χ3n) is 2.85. The maximum Gasteiger partial charge on any atom is 0.269 e. The highest BCUT2D eigenvalue weighted by molar-refractivity contribution is 5.97. The number of nitro benzene ring substituents is 1. The Labute approximate surface area is 110 Å². The van der Waals surface area contributed by atoms with E-state index in [9.17, 15) is 14.9 Å². The predicted octanol–water partition coefficient (Wildman–Crippen LogP) is 3.33. The molecule has 0 aliphatic heterocycles. The van der Waals surface area contributed by atoms with Gasteiger partial charge in [-0.3, -0.25) is 14.9 Å². The van der Waals surface area contributed by atoms with Crippen LogP contribution in [0.1, 0.15) is 21.5 Å². The van der Waals surface area contributed by atoms with Gasteiger partial charge in [0.1, 0.15) is 0 Å². The maximum atomic E-state index is 12.1. The van der Waals surface area contributed by atoms with Crippen molar-refractivity contribution in [2.45, 2.75) is 13.3 Å². The molecule has 0 aliphatic carbocycles. The molecule has 0 heterocycles. The molecule has 0 aromatic heterocycles. The Bertz CT molecular complexity index is 618. The second kappa shape index (κ2) is 5.44. The van der Waals surface area contributed by atoms with Crippen molar-refractivity contribution in [2.75, 3.05) is 0 Å². The highest BCUT2D eigenvalue weighted by Gasteiger charge is 2.09. The normalized spacial score (nSPS) is 10.2. The van der Waals surface area contributed by atoms with Crippen molar-refractivity contribution < 1.29 is 9.72 Å². The molecule has 4 nitrogen and oxygen atoms in total. The molecule has 0 fully saturated rings. The van der Waals surface area contributed by atoms with Gasteiger partial charge in [0, 0.05) is 24.1 Å². The first kappa shape index (κ1) is 13.0. The molecular weight excluding hydrogens is 242 g/mol. The van der Waals surface area contributed by atoms with Gasteiger partial charge < -0.3 is 0 Å². The van der Waals surface area contributed by atoms with Gasteiger partial charge in [-0.25, -0.2) is 0 Å². The Kier molecular flexibility index (Phi) is 3.71. The van der Waals surface area contributed by atoms with Crippen molar-refractivity contribution in [3.05, 3.63) is 75.3 Å². The molecular formula is C15H13NO3. The summed E-state index contributed by atoms with van der Waals surface area (Å²) in [5.41, 5.74) is 2.51. The van der Waals surface area contributed by atoms with E-state index >= 15 is 0 Å². The number of ketones is 1. The fraction of sp³-hybridized carbons (Fsp3) is 0.133. The van der Waals surface area contributed by atoms with Gasteiger partial charge in [0.25, 0.3) is 5.69 Å². The largest absolute Gasteiger partial charge is 0.294 e. The summed E-state index contributed by atoms with van der Waals surface area (Å²) in [5, 5.41) is 10.5. The van der Waals surface area contributed by atoms with Crippen LogP contribution in [-0.4, -0.2) is 10.7 Å². The van der Waals surface area contributed by atoms with Crippen LogP contribution in [0.3, 0.4) is 0 Å². The van der Waals surface area contributed by atoms with Gasteiger partial charge in [-0.1, -0.05) is 35.9 Å². The zero-order valence-corrected chi connectivity index (χ0v) is 10.5. The number of carbonyl (C=O) groups is 1. The Morgan fingerprint density at radius 1 is 1.16 bits per heavy atom. The summed E-state index contributed by atoms with van der Waals surface area (Å²) in [6, 6.07) is 13.5. The third-order valence-corrected chi connectivity index (χ3v) is 2.85. The van der Waals surface area contributed by atoms with Crippen molar-refractivity contribution >= 4 is 11.5 Å². The second-order valence-electron chi connectivity index (χ2n) is 4.39. The SMILES string of the molecule is Cc1cccc(C(=O)Cc2ccc([N+](=O)[O-])cc2)c1. The number of aryl methyl sites for hydroxylation is 1. The maximum absolute atomic E-state index is 12.1. The van der Waals surface area contributed by atoms with Gasteiger partial charge in [0.05, 0.1) is 4.92 Å². The zero-order chi connectivity index (χ0) is 13.8. The lowest BCUT2D eigenvalue weighted by atomic mass is 10.0. The van der Waals surface area contributed by atoms with E-state index in [2.05, 4.69) is 0 Å². The van der Waals surface area contributed by atoms with Crippen molar-refractivity contribution in [3.8, 4) is 0 Å². The topological polar surface area (TPSA) is 60.2 Å². The van der Waals surface area contributed by atoms with Crippen molar-refractivity contribution in [1.29, 1.82) is 0 Å². The average Bonchev–Trinajstić information content (AvgIpc) is 2.39. The monoisotopic (exact) mass is 255 g/mol. The molecule has 0 bridgehead atoms. The molecule has 19 heavy (non-hydrogen) atoms. The Hall–Kier alpha value is -2.49. The number of benzene rings is 2. The number of Topliss-reactive ketones (excluding diaryl/α,β-unsaturated/α-hetero) is 1. The van der Waals surface area contributed by atoms with E-state index in [4.69, 9.17) is 0 Å². The van der Waals surface area contributed by atoms with E-state index in [1.807, 2.05) is 25.1 Å². The number of non-ortho nitro benzene ring substituents is 1. The van der Waals surface area contributed by atoms with Crippen LogP contribution in [0.4, 0.5) is 5.69 Å². The molecule has 0 atom stereocenters. The number of nitrogens with zero attached hydrogens (tertiary/aromatic N) is 1. The van der Waals surface area contributed by atoms with Crippen LogP contribution < -0.4 is 0 Å². The van der Waals surface area contributed by atoms with Gasteiger partial charge in [-0.05, 0) is 18.6 Å². The second-order valence-corrected chi connectivity index (χ2v) is 4.39. The summed E-state index contributed by atoms with van der Waals surface area (Å²) in [4.78, 5) is 22.1. The standard InChI is InChI=1S/C15H13NO3/c1-11-3-2-4-13(9-11)15(17)10-12-5-7-14(8-6-12)16(18)19/h2-9H,10H2,1H3. The molecule has 2 aromatic rings. The van der Waals surface area contributed by atoms with Crippen LogP contribution in [0.15, 0.2) is 48.5 Å². The number of rotatable bonds is 4. The predicted molar refractivity (Wildman–Crippen MR) is 72.3 cm³/mol. The third kappa shape index (κ3) is 3.25. The number of nitro groups is 1. The summed E-state index contributed by atoms with van der Waals surface area (Å²) >= 11 is 0. The first-order chi connectivity index (χ1) is 9.06. The lowest BCUT2D eigenvalue weighted by molar-refractivity contribution is -0.384. The number of hydrogen-bond acceptors (Lipinski definition) is 3. The van der Waals surface area contributed by atoms with Crippen molar-refractivity contribution in [3.63, 3.8) is 0 Å². The van der Waals surface area contributed by atoms with E-state index in [-0.39, 0.29) is 17.9 Å². The number of hydrogen-bond donors (Lipinski definition) is 0. The first-order valence-corrected chi connectivity index (χ1v) is 5.89. The summed E-state index contributed by atoms with van der Waals surface area (Å²) in [6.07, 6.45) is 0.251. The Morgan fingerprint density at radius 3 is 2.42 bits per heavy atom. The van der Waals surface area contributed by atoms with Crippen LogP contribution in [0.25, 0.3) is 0 Å². The smallest absolute Gasteiger partial charge is 0.269 e. The molecule has 0 radical (unpaired) electrons. The Morgan fingerprint density at radius 2 is 1.84 bits per heavy atom. The van der Waals surface area contributed by atoms with E-state index in [1.54, 1.807) is 18.2 Å². The number of carbonyl (C=O) groups excluding carboxylic acids is 1. The molecule has 0 saturated carbocycles. The fourth-order valence-corrected chi connectivity index (χ4v) is 1.84. The molecule has 2 aromatic carbocycles. The molecule has 0 spiro atoms. The van der Waals surface area contributed by atoms with Gasteiger partial charge in [-0.2, -0.15) is 0 Å². The Balaban J connectivity index is 2.13. The minimum atomic E-state index is -0.452. The fourth-order valence-electron chi connectivity index (χ4n) is 1.84. The summed E-state index contributed by atoms with van der Waals surface area (Å²) in [7, 11) is 0. The summed E-state index contributed by atoms with van der Waals surface area (Å²) < 4.78 is 0. The highest BCUT2D eigenvalue weighted by atomic mass is 16.6. The van der Waals surface area contributed by atoms with Crippen LogP contribution in [-0.2, 0) is 6.42 Å². The van der Waals surface area contributed by atoms with E-state index in [0.29, 0.717) is 5.56 Å². The van der Waals surface area contributed by atoms with E-state index in [0.717, 1.165) is 11.1 Å². The van der Waals surface area contributed by atoms with Gasteiger partial charge in [0.15, 0.2) is 5.78 Å². The summed E-state index contributed by atoms with van der Waals surface area (Å²) in [6.45, 7) is 1.93. The first-order valence-electron chi connectivity index (χ1n) is 5.89. The van der Waals surface area contributed by atoms with Crippen LogP contribution in [0.5, 0.6) is 0 Å². The minimum Gasteiger partial charge on any atom is -0.294 e. The molecule has 4 heteroatoms. The van der Waals surface area contributed by atoms with Gasteiger partial charge in [-0.15, -0.1) is 0 Å². The van der Waals surface area contributed by atoms with E-state index < -0.39 is 4.92 Å². The molecule has 0 amide bonds. The summed E-state index contributed by atoms with van der Waals surface area (Å²) in [5.74, 6) is 0.0116. The molecule has 0 aliphatic rings. The zero-order valence-electron chi connectivity index (χ0n) is 10.5. The molecule has 0 saturated heterocycles. The van der Waals surface area contributed by atoms with Gasteiger partial charge in [0.2, 0.25) is 0 Å². The lowest BCUT2D eigenvalue weighted by Crippen LogP contribution is -2.03.